The van der Waals surface area contributed by atoms with Crippen molar-refractivity contribution in [3.05, 3.63) is 52.3 Å². The second-order valence-electron chi connectivity index (χ2n) is 4.13. The van der Waals surface area contributed by atoms with Gasteiger partial charge in [-0.3, -0.25) is 0 Å². The van der Waals surface area contributed by atoms with Crippen LogP contribution >= 0.6 is 15.9 Å². The van der Waals surface area contributed by atoms with E-state index in [1.807, 2.05) is 18.2 Å². The van der Waals surface area contributed by atoms with Crippen LogP contribution in [0.4, 0.5) is 10.1 Å². The molecule has 3 nitrogen and oxygen atoms in total. The number of methoxy groups -OCH3 is 2. The number of benzene rings is 2. The van der Waals surface area contributed by atoms with Crippen molar-refractivity contribution in [1.82, 2.24) is 0 Å². The zero-order valence-corrected chi connectivity index (χ0v) is 12.8. The zero-order valence-electron chi connectivity index (χ0n) is 11.2. The lowest BCUT2D eigenvalue weighted by atomic mass is 10.2. The summed E-state index contributed by atoms with van der Waals surface area (Å²) in [6.07, 6.45) is 0. The highest BCUT2D eigenvalue weighted by Crippen LogP contribution is 2.28. The van der Waals surface area contributed by atoms with Crippen LogP contribution in [0.3, 0.4) is 0 Å². The lowest BCUT2D eigenvalue weighted by Crippen LogP contribution is -2.04. The second-order valence-corrected chi connectivity index (χ2v) is 4.98. The van der Waals surface area contributed by atoms with Gasteiger partial charge in [0.25, 0.3) is 0 Å². The molecule has 2 aromatic rings. The minimum Gasteiger partial charge on any atom is -0.497 e. The summed E-state index contributed by atoms with van der Waals surface area (Å²) < 4.78 is 24.9. The third-order valence-electron chi connectivity index (χ3n) is 2.91. The van der Waals surface area contributed by atoms with Gasteiger partial charge in [-0.2, -0.15) is 0 Å². The van der Waals surface area contributed by atoms with Gasteiger partial charge in [-0.1, -0.05) is 6.07 Å². The fourth-order valence-electron chi connectivity index (χ4n) is 1.87. The molecule has 2 rings (SSSR count). The van der Waals surface area contributed by atoms with Crippen molar-refractivity contribution in [3.8, 4) is 11.5 Å². The minimum absolute atomic E-state index is 0.304. The number of hydrogen-bond acceptors (Lipinski definition) is 3. The molecule has 0 aromatic heterocycles. The molecule has 0 spiro atoms. The van der Waals surface area contributed by atoms with E-state index in [9.17, 15) is 4.39 Å². The molecule has 0 aliphatic heterocycles. The van der Waals surface area contributed by atoms with E-state index in [0.717, 1.165) is 17.1 Å². The van der Waals surface area contributed by atoms with E-state index in [0.29, 0.717) is 16.7 Å². The number of para-hydroxylation sites is 1. The molecule has 1 N–H and O–H groups in total. The molecule has 0 atom stereocenters. The van der Waals surface area contributed by atoms with Gasteiger partial charge >= 0.3 is 0 Å². The van der Waals surface area contributed by atoms with Crippen molar-refractivity contribution in [2.24, 2.45) is 0 Å². The number of rotatable bonds is 5. The molecule has 0 saturated heterocycles. The molecule has 0 unspecified atom stereocenters. The van der Waals surface area contributed by atoms with E-state index < -0.39 is 0 Å². The Morgan fingerprint density at radius 3 is 2.60 bits per heavy atom. The molecule has 0 bridgehead atoms. The van der Waals surface area contributed by atoms with Crippen molar-refractivity contribution in [3.63, 3.8) is 0 Å². The van der Waals surface area contributed by atoms with Gasteiger partial charge < -0.3 is 14.8 Å². The maximum atomic E-state index is 13.7. The van der Waals surface area contributed by atoms with Gasteiger partial charge in [-0.05, 0) is 46.3 Å². The van der Waals surface area contributed by atoms with Gasteiger partial charge in [0.1, 0.15) is 17.3 Å². The molecule has 0 fully saturated rings. The largest absolute Gasteiger partial charge is 0.497 e. The lowest BCUT2D eigenvalue weighted by Gasteiger charge is -2.13. The van der Waals surface area contributed by atoms with Gasteiger partial charge in [0.05, 0.1) is 19.9 Å². The topological polar surface area (TPSA) is 30.5 Å². The SMILES string of the molecule is COc1ccc(OC)c(CNc2c(F)cccc2Br)c1. The molecule has 0 heterocycles. The highest BCUT2D eigenvalue weighted by Gasteiger charge is 2.09. The molecular weight excluding hydrogens is 325 g/mol. The summed E-state index contributed by atoms with van der Waals surface area (Å²) in [6, 6.07) is 10.4. The van der Waals surface area contributed by atoms with Crippen LogP contribution in [-0.4, -0.2) is 14.2 Å². The molecule has 106 valence electrons. The average molecular weight is 340 g/mol. The van der Waals surface area contributed by atoms with Gasteiger partial charge in [-0.15, -0.1) is 0 Å². The molecule has 20 heavy (non-hydrogen) atoms. The Labute approximate surface area is 125 Å². The van der Waals surface area contributed by atoms with Crippen molar-refractivity contribution < 1.29 is 13.9 Å². The summed E-state index contributed by atoms with van der Waals surface area (Å²) in [5.41, 5.74) is 1.32. The summed E-state index contributed by atoms with van der Waals surface area (Å²) >= 11 is 3.33. The van der Waals surface area contributed by atoms with Crippen molar-refractivity contribution in [2.45, 2.75) is 6.54 Å². The molecular formula is C15H15BrFNO2. The van der Waals surface area contributed by atoms with E-state index in [-0.39, 0.29) is 5.82 Å². The first kappa shape index (κ1) is 14.7. The maximum Gasteiger partial charge on any atom is 0.147 e. The predicted molar refractivity (Wildman–Crippen MR) is 81.0 cm³/mol. The van der Waals surface area contributed by atoms with Crippen LogP contribution in [0.15, 0.2) is 40.9 Å². The van der Waals surface area contributed by atoms with E-state index in [2.05, 4.69) is 21.2 Å². The van der Waals surface area contributed by atoms with Crippen molar-refractivity contribution >= 4 is 21.6 Å². The van der Waals surface area contributed by atoms with Crippen LogP contribution in [0.1, 0.15) is 5.56 Å². The summed E-state index contributed by atoms with van der Waals surface area (Å²) in [5, 5.41) is 3.07. The summed E-state index contributed by atoms with van der Waals surface area (Å²) in [4.78, 5) is 0. The Morgan fingerprint density at radius 1 is 1.15 bits per heavy atom. The molecule has 0 aliphatic rings. The van der Waals surface area contributed by atoms with Crippen LogP contribution < -0.4 is 14.8 Å². The fraction of sp³-hybridized carbons (Fsp3) is 0.200. The normalized spacial score (nSPS) is 10.2. The summed E-state index contributed by atoms with van der Waals surface area (Å²) in [7, 11) is 3.21. The third-order valence-corrected chi connectivity index (χ3v) is 3.57. The van der Waals surface area contributed by atoms with Gasteiger partial charge in [-0.25, -0.2) is 4.39 Å². The van der Waals surface area contributed by atoms with E-state index >= 15 is 0 Å². The van der Waals surface area contributed by atoms with Crippen molar-refractivity contribution in [1.29, 1.82) is 0 Å². The first-order valence-corrected chi connectivity index (χ1v) is 6.83. The highest BCUT2D eigenvalue weighted by molar-refractivity contribution is 9.10. The molecule has 0 radical (unpaired) electrons. The Morgan fingerprint density at radius 2 is 1.95 bits per heavy atom. The Kier molecular flexibility index (Phi) is 4.84. The van der Waals surface area contributed by atoms with Crippen LogP contribution in [0, 0.1) is 5.82 Å². The summed E-state index contributed by atoms with van der Waals surface area (Å²) in [6.45, 7) is 0.430. The molecule has 5 heteroatoms. The Bertz CT molecular complexity index is 584. The monoisotopic (exact) mass is 339 g/mol. The van der Waals surface area contributed by atoms with E-state index in [1.54, 1.807) is 26.4 Å². The maximum absolute atomic E-state index is 13.7. The van der Waals surface area contributed by atoms with Gasteiger partial charge in [0.2, 0.25) is 0 Å². The molecule has 0 amide bonds. The standard InChI is InChI=1S/C15H15BrFNO2/c1-19-11-6-7-14(20-2)10(8-11)9-18-15-12(16)4-3-5-13(15)17/h3-8,18H,9H2,1-2H3. The molecule has 0 aliphatic carbocycles. The van der Waals surface area contributed by atoms with E-state index in [1.165, 1.54) is 6.07 Å². The average Bonchev–Trinajstić information content (AvgIpc) is 2.46. The van der Waals surface area contributed by atoms with Crippen molar-refractivity contribution in [2.75, 3.05) is 19.5 Å². The van der Waals surface area contributed by atoms with Gasteiger partial charge in [0, 0.05) is 16.6 Å². The fourth-order valence-corrected chi connectivity index (χ4v) is 2.35. The zero-order chi connectivity index (χ0) is 14.5. The second kappa shape index (κ2) is 6.61. The first-order valence-electron chi connectivity index (χ1n) is 6.04. The van der Waals surface area contributed by atoms with Crippen LogP contribution in [-0.2, 0) is 6.54 Å². The number of nitrogens with one attached hydrogen (secondary N) is 1. The highest BCUT2D eigenvalue weighted by atomic mass is 79.9. The van der Waals surface area contributed by atoms with Gasteiger partial charge in [0.15, 0.2) is 0 Å². The van der Waals surface area contributed by atoms with Crippen LogP contribution in [0.5, 0.6) is 11.5 Å². The number of ether oxygens (including phenoxy) is 2. The first-order chi connectivity index (χ1) is 9.65. The van der Waals surface area contributed by atoms with E-state index in [4.69, 9.17) is 9.47 Å². The predicted octanol–water partition coefficient (Wildman–Crippen LogP) is 4.22. The molecule has 0 saturated carbocycles. The number of hydrogen-bond donors (Lipinski definition) is 1. The lowest BCUT2D eigenvalue weighted by molar-refractivity contribution is 0.399. The Hall–Kier alpha value is -1.75. The third kappa shape index (κ3) is 3.22. The Balaban J connectivity index is 2.22. The number of halogens is 2. The smallest absolute Gasteiger partial charge is 0.147 e. The summed E-state index contributed by atoms with van der Waals surface area (Å²) in [5.74, 6) is 1.15. The number of anilines is 1. The quantitative estimate of drug-likeness (QED) is 0.884. The van der Waals surface area contributed by atoms with Crippen LogP contribution in [0.2, 0.25) is 0 Å². The van der Waals surface area contributed by atoms with Crippen LogP contribution in [0.25, 0.3) is 0 Å². The minimum atomic E-state index is -0.304. The molecule has 2 aromatic carbocycles.